The molecule has 0 aliphatic carbocycles. The summed E-state index contributed by atoms with van der Waals surface area (Å²) in [4.78, 5) is 0.0888. The van der Waals surface area contributed by atoms with Crippen LogP contribution >= 0.6 is 11.6 Å². The molecule has 29 heavy (non-hydrogen) atoms. The van der Waals surface area contributed by atoms with Crippen LogP contribution in [-0.4, -0.2) is 28.2 Å². The van der Waals surface area contributed by atoms with Gasteiger partial charge in [-0.15, -0.1) is 0 Å². The van der Waals surface area contributed by atoms with E-state index in [1.54, 1.807) is 6.07 Å². The molecule has 0 unspecified atom stereocenters. The number of rotatable bonds is 7. The molecule has 3 aromatic carbocycles. The Kier molecular flexibility index (Phi) is 6.28. The van der Waals surface area contributed by atoms with Crippen molar-refractivity contribution in [1.82, 2.24) is 4.31 Å². The quantitative estimate of drug-likeness (QED) is 0.590. The molecule has 0 fully saturated rings. The molecule has 0 radical (unpaired) electrons. The molecule has 0 aromatic heterocycles. The first kappa shape index (κ1) is 21.3. The molecular formula is C20H19ClN2O4S2. The zero-order valence-corrected chi connectivity index (χ0v) is 17.9. The van der Waals surface area contributed by atoms with Crippen molar-refractivity contribution in [2.75, 3.05) is 11.8 Å². The highest BCUT2D eigenvalue weighted by molar-refractivity contribution is 7.92. The minimum absolute atomic E-state index is 0.0179. The van der Waals surface area contributed by atoms with Gasteiger partial charge in [0.2, 0.25) is 10.0 Å². The van der Waals surface area contributed by atoms with Gasteiger partial charge in [-0.25, -0.2) is 16.8 Å². The van der Waals surface area contributed by atoms with Crippen LogP contribution in [0.1, 0.15) is 5.56 Å². The van der Waals surface area contributed by atoms with E-state index in [-0.39, 0.29) is 22.0 Å². The SMILES string of the molecule is CN(Cc1ccccc1)S(=O)(=O)c1ccc(NS(=O)(=O)c2cccc(Cl)c2)cc1. The average molecular weight is 451 g/mol. The van der Waals surface area contributed by atoms with E-state index in [1.165, 1.54) is 53.8 Å². The smallest absolute Gasteiger partial charge is 0.261 e. The maximum atomic E-state index is 12.8. The molecule has 0 spiro atoms. The Balaban J connectivity index is 1.77. The van der Waals surface area contributed by atoms with Gasteiger partial charge in [0, 0.05) is 24.3 Å². The number of sulfonamides is 2. The van der Waals surface area contributed by atoms with Crippen LogP contribution in [0.2, 0.25) is 5.02 Å². The van der Waals surface area contributed by atoms with Crippen LogP contribution in [0.25, 0.3) is 0 Å². The molecule has 0 amide bonds. The van der Waals surface area contributed by atoms with Crippen LogP contribution in [0.3, 0.4) is 0 Å². The Bertz CT molecular complexity index is 1200. The third-order valence-corrected chi connectivity index (χ3v) is 7.60. The first-order chi connectivity index (χ1) is 13.7. The van der Waals surface area contributed by atoms with E-state index >= 15 is 0 Å². The van der Waals surface area contributed by atoms with Gasteiger partial charge >= 0.3 is 0 Å². The Morgan fingerprint density at radius 2 is 1.48 bits per heavy atom. The molecule has 3 rings (SSSR count). The van der Waals surface area contributed by atoms with Gasteiger partial charge in [-0.2, -0.15) is 4.31 Å². The summed E-state index contributed by atoms with van der Waals surface area (Å²) in [5, 5.41) is 0.302. The van der Waals surface area contributed by atoms with Gasteiger partial charge in [0.05, 0.1) is 9.79 Å². The lowest BCUT2D eigenvalue weighted by Gasteiger charge is -2.17. The van der Waals surface area contributed by atoms with E-state index in [1.807, 2.05) is 30.3 Å². The summed E-state index contributed by atoms with van der Waals surface area (Å²) in [6.45, 7) is 0.228. The van der Waals surface area contributed by atoms with Crippen LogP contribution in [0, 0.1) is 0 Å². The van der Waals surface area contributed by atoms with Crippen LogP contribution in [0.4, 0.5) is 5.69 Å². The zero-order chi connectivity index (χ0) is 21.1. The summed E-state index contributed by atoms with van der Waals surface area (Å²) in [6, 6.07) is 20.7. The van der Waals surface area contributed by atoms with E-state index in [0.29, 0.717) is 5.02 Å². The second-order valence-corrected chi connectivity index (χ2v) is 10.5. The Morgan fingerprint density at radius 3 is 2.10 bits per heavy atom. The lowest BCUT2D eigenvalue weighted by molar-refractivity contribution is 0.467. The van der Waals surface area contributed by atoms with Crippen molar-refractivity contribution in [1.29, 1.82) is 0 Å². The third-order valence-electron chi connectivity index (χ3n) is 4.17. The summed E-state index contributed by atoms with van der Waals surface area (Å²) in [7, 11) is -6.05. The average Bonchev–Trinajstić information content (AvgIpc) is 2.69. The highest BCUT2D eigenvalue weighted by Gasteiger charge is 2.21. The van der Waals surface area contributed by atoms with Crippen molar-refractivity contribution < 1.29 is 16.8 Å². The van der Waals surface area contributed by atoms with Crippen molar-refractivity contribution in [3.63, 3.8) is 0 Å². The molecule has 3 aromatic rings. The predicted molar refractivity (Wildman–Crippen MR) is 114 cm³/mol. The maximum Gasteiger partial charge on any atom is 0.261 e. The largest absolute Gasteiger partial charge is 0.280 e. The Morgan fingerprint density at radius 1 is 0.828 bits per heavy atom. The summed E-state index contributed by atoms with van der Waals surface area (Å²) in [5.41, 5.74) is 1.11. The number of anilines is 1. The van der Waals surface area contributed by atoms with Gasteiger partial charge in [0.15, 0.2) is 0 Å². The van der Waals surface area contributed by atoms with E-state index in [4.69, 9.17) is 11.6 Å². The molecule has 0 saturated heterocycles. The van der Waals surface area contributed by atoms with Gasteiger partial charge in [-0.1, -0.05) is 48.0 Å². The number of nitrogens with one attached hydrogen (secondary N) is 1. The van der Waals surface area contributed by atoms with Crippen LogP contribution in [-0.2, 0) is 26.6 Å². The molecular weight excluding hydrogens is 432 g/mol. The van der Waals surface area contributed by atoms with E-state index in [2.05, 4.69) is 4.72 Å². The molecule has 1 N–H and O–H groups in total. The van der Waals surface area contributed by atoms with Crippen molar-refractivity contribution in [3.05, 3.63) is 89.4 Å². The van der Waals surface area contributed by atoms with E-state index < -0.39 is 20.0 Å². The molecule has 0 saturated carbocycles. The lowest BCUT2D eigenvalue weighted by atomic mass is 10.2. The second kappa shape index (κ2) is 8.54. The summed E-state index contributed by atoms with van der Waals surface area (Å²) in [6.07, 6.45) is 0. The Hall–Kier alpha value is -2.39. The van der Waals surface area contributed by atoms with Crippen LogP contribution < -0.4 is 4.72 Å². The van der Waals surface area contributed by atoms with Gasteiger partial charge in [0.1, 0.15) is 0 Å². The first-order valence-electron chi connectivity index (χ1n) is 8.57. The number of hydrogen-bond donors (Lipinski definition) is 1. The van der Waals surface area contributed by atoms with Crippen molar-refractivity contribution in [3.8, 4) is 0 Å². The topological polar surface area (TPSA) is 83.6 Å². The minimum atomic E-state index is -3.84. The van der Waals surface area contributed by atoms with E-state index in [0.717, 1.165) is 5.56 Å². The Labute approximate surface area is 175 Å². The highest BCUT2D eigenvalue weighted by atomic mass is 35.5. The number of hydrogen-bond acceptors (Lipinski definition) is 4. The lowest BCUT2D eigenvalue weighted by Crippen LogP contribution is -2.26. The fraction of sp³-hybridized carbons (Fsp3) is 0.100. The zero-order valence-electron chi connectivity index (χ0n) is 15.5. The normalized spacial score (nSPS) is 12.1. The molecule has 0 heterocycles. The molecule has 0 bridgehead atoms. The van der Waals surface area contributed by atoms with Gasteiger partial charge in [0.25, 0.3) is 10.0 Å². The monoisotopic (exact) mass is 450 g/mol. The molecule has 6 nitrogen and oxygen atoms in total. The van der Waals surface area contributed by atoms with Gasteiger partial charge in [-0.3, -0.25) is 4.72 Å². The predicted octanol–water partition coefficient (Wildman–Crippen LogP) is 3.96. The van der Waals surface area contributed by atoms with Crippen molar-refractivity contribution >= 4 is 37.3 Å². The standard InChI is InChI=1S/C20H19ClN2O4S2/c1-23(15-16-6-3-2-4-7-16)29(26,27)19-12-10-18(11-13-19)22-28(24,25)20-9-5-8-17(21)14-20/h2-14,22H,15H2,1H3. The van der Waals surface area contributed by atoms with Crippen molar-refractivity contribution in [2.24, 2.45) is 0 Å². The first-order valence-corrected chi connectivity index (χ1v) is 11.9. The maximum absolute atomic E-state index is 12.8. The van der Waals surface area contributed by atoms with E-state index in [9.17, 15) is 16.8 Å². The summed E-state index contributed by atoms with van der Waals surface area (Å²) < 4.78 is 54.1. The summed E-state index contributed by atoms with van der Waals surface area (Å²) >= 11 is 5.85. The van der Waals surface area contributed by atoms with Crippen molar-refractivity contribution in [2.45, 2.75) is 16.3 Å². The number of benzene rings is 3. The minimum Gasteiger partial charge on any atom is -0.280 e. The molecule has 152 valence electrons. The summed E-state index contributed by atoms with van der Waals surface area (Å²) in [5.74, 6) is 0. The molecule has 0 aliphatic rings. The third kappa shape index (κ3) is 5.16. The fourth-order valence-electron chi connectivity index (χ4n) is 2.65. The molecule has 0 atom stereocenters. The molecule has 9 heteroatoms. The van der Waals surface area contributed by atoms with Gasteiger partial charge in [-0.05, 0) is 48.0 Å². The fourth-order valence-corrected chi connectivity index (χ4v) is 5.17. The van der Waals surface area contributed by atoms with Gasteiger partial charge < -0.3 is 0 Å². The molecule has 0 aliphatic heterocycles. The second-order valence-electron chi connectivity index (χ2n) is 6.33. The van der Waals surface area contributed by atoms with Crippen LogP contribution in [0.15, 0.2) is 88.7 Å². The number of nitrogens with zero attached hydrogens (tertiary/aromatic N) is 1. The number of halogens is 1. The van der Waals surface area contributed by atoms with Crippen LogP contribution in [0.5, 0.6) is 0 Å². The highest BCUT2D eigenvalue weighted by Crippen LogP contribution is 2.22.